The molecule has 2 aromatic heterocycles. The standard InChI is InChI=1S/C20H22Cl2N6O2S2/c1-4-14(18(30)25-19-23-11(2)10-31-19)32-20-27-26-15(28(20)3)8-9-16(29)24-17-12(21)6-5-7-13(17)22/h5-7,10,14H,4,8-9H2,1-3H3,(H,24,29)(H,23,25,30). The Kier molecular flexibility index (Phi) is 8.52. The number of hydrogen-bond acceptors (Lipinski definition) is 7. The molecule has 3 aromatic rings. The van der Waals surface area contributed by atoms with Crippen LogP contribution in [-0.2, 0) is 23.1 Å². The third-order valence-electron chi connectivity index (χ3n) is 4.49. The van der Waals surface area contributed by atoms with Crippen molar-refractivity contribution >= 4 is 68.9 Å². The number of halogens is 2. The van der Waals surface area contributed by atoms with Crippen molar-refractivity contribution in [3.05, 3.63) is 45.1 Å². The van der Waals surface area contributed by atoms with E-state index in [1.54, 1.807) is 22.8 Å². The van der Waals surface area contributed by atoms with E-state index in [-0.39, 0.29) is 23.5 Å². The third-order valence-corrected chi connectivity index (χ3v) is 7.39. The minimum atomic E-state index is -0.347. The van der Waals surface area contributed by atoms with Gasteiger partial charge >= 0.3 is 0 Å². The molecule has 0 aliphatic carbocycles. The molecule has 0 aliphatic heterocycles. The first-order chi connectivity index (χ1) is 15.3. The largest absolute Gasteiger partial charge is 0.324 e. The van der Waals surface area contributed by atoms with Gasteiger partial charge in [0.2, 0.25) is 11.8 Å². The maximum Gasteiger partial charge on any atom is 0.239 e. The number of amides is 2. The number of thiazole rings is 1. The molecule has 170 valence electrons. The van der Waals surface area contributed by atoms with Crippen LogP contribution in [0.1, 0.15) is 31.3 Å². The van der Waals surface area contributed by atoms with Crippen molar-refractivity contribution in [1.29, 1.82) is 0 Å². The topological polar surface area (TPSA) is 102 Å². The van der Waals surface area contributed by atoms with Crippen LogP contribution in [0.2, 0.25) is 10.0 Å². The average Bonchev–Trinajstić information content (AvgIpc) is 3.32. The second-order valence-corrected chi connectivity index (χ2v) is 9.74. The van der Waals surface area contributed by atoms with Crippen molar-refractivity contribution in [2.24, 2.45) is 7.05 Å². The lowest BCUT2D eigenvalue weighted by molar-refractivity contribution is -0.116. The first kappa shape index (κ1) is 24.5. The Hall–Kier alpha value is -2.14. The van der Waals surface area contributed by atoms with Crippen molar-refractivity contribution in [3.8, 4) is 0 Å². The monoisotopic (exact) mass is 512 g/mol. The fraction of sp³-hybridized carbons (Fsp3) is 0.350. The number of nitrogens with one attached hydrogen (secondary N) is 2. The second kappa shape index (κ2) is 11.1. The zero-order valence-corrected chi connectivity index (χ0v) is 20.8. The Morgan fingerprint density at radius 3 is 2.56 bits per heavy atom. The predicted octanol–water partition coefficient (Wildman–Crippen LogP) is 4.97. The van der Waals surface area contributed by atoms with Crippen molar-refractivity contribution < 1.29 is 9.59 Å². The summed E-state index contributed by atoms with van der Waals surface area (Å²) in [6.45, 7) is 3.81. The summed E-state index contributed by atoms with van der Waals surface area (Å²) in [5, 5.41) is 17.4. The fourth-order valence-electron chi connectivity index (χ4n) is 2.76. The maximum absolute atomic E-state index is 12.6. The van der Waals surface area contributed by atoms with E-state index in [0.717, 1.165) is 5.69 Å². The highest BCUT2D eigenvalue weighted by Crippen LogP contribution is 2.30. The molecule has 0 spiro atoms. The van der Waals surface area contributed by atoms with E-state index in [1.807, 2.05) is 26.3 Å². The first-order valence-electron chi connectivity index (χ1n) is 9.80. The molecule has 1 atom stereocenters. The molecule has 0 saturated heterocycles. The van der Waals surface area contributed by atoms with Crippen LogP contribution >= 0.6 is 46.3 Å². The minimum Gasteiger partial charge on any atom is -0.324 e. The van der Waals surface area contributed by atoms with E-state index >= 15 is 0 Å². The molecule has 8 nitrogen and oxygen atoms in total. The number of hydrogen-bond donors (Lipinski definition) is 2. The number of aryl methyl sites for hydroxylation is 2. The average molecular weight is 513 g/mol. The number of carbonyl (C=O) groups excluding carboxylic acids is 2. The molecule has 0 radical (unpaired) electrons. The smallest absolute Gasteiger partial charge is 0.239 e. The summed E-state index contributed by atoms with van der Waals surface area (Å²) in [6.07, 6.45) is 1.17. The van der Waals surface area contributed by atoms with E-state index in [1.165, 1.54) is 23.1 Å². The van der Waals surface area contributed by atoms with E-state index in [2.05, 4.69) is 25.8 Å². The van der Waals surface area contributed by atoms with Crippen LogP contribution in [0.3, 0.4) is 0 Å². The van der Waals surface area contributed by atoms with Crippen molar-refractivity contribution in [2.45, 2.75) is 43.5 Å². The van der Waals surface area contributed by atoms with Gasteiger partial charge in [0.25, 0.3) is 0 Å². The molecule has 1 aromatic carbocycles. The summed E-state index contributed by atoms with van der Waals surface area (Å²) in [5.41, 5.74) is 1.26. The number of aromatic nitrogens is 4. The summed E-state index contributed by atoms with van der Waals surface area (Å²) >= 11 is 14.9. The van der Waals surface area contributed by atoms with Crippen molar-refractivity contribution in [1.82, 2.24) is 19.7 Å². The Balaban J connectivity index is 1.58. The van der Waals surface area contributed by atoms with Gasteiger partial charge in [0.1, 0.15) is 5.82 Å². The lowest BCUT2D eigenvalue weighted by atomic mass is 10.2. The number of anilines is 2. The van der Waals surface area contributed by atoms with Crippen LogP contribution in [0.15, 0.2) is 28.7 Å². The summed E-state index contributed by atoms with van der Waals surface area (Å²) in [5.74, 6) is 0.271. The van der Waals surface area contributed by atoms with Crippen LogP contribution in [0.5, 0.6) is 0 Å². The van der Waals surface area contributed by atoms with Gasteiger partial charge in [-0.15, -0.1) is 21.5 Å². The van der Waals surface area contributed by atoms with Gasteiger partial charge in [0.05, 0.1) is 26.7 Å². The van der Waals surface area contributed by atoms with Gasteiger partial charge in [-0.3, -0.25) is 9.59 Å². The first-order valence-corrected chi connectivity index (χ1v) is 12.3. The van der Waals surface area contributed by atoms with E-state index in [4.69, 9.17) is 23.2 Å². The predicted molar refractivity (Wildman–Crippen MR) is 130 cm³/mol. The zero-order valence-electron chi connectivity index (χ0n) is 17.7. The zero-order chi connectivity index (χ0) is 23.3. The van der Waals surface area contributed by atoms with Gasteiger partial charge in [-0.25, -0.2) is 4.98 Å². The van der Waals surface area contributed by atoms with Crippen molar-refractivity contribution in [3.63, 3.8) is 0 Å². The van der Waals surface area contributed by atoms with Crippen LogP contribution in [-0.4, -0.2) is 36.8 Å². The van der Waals surface area contributed by atoms with Crippen molar-refractivity contribution in [2.75, 3.05) is 10.6 Å². The fourth-order valence-corrected chi connectivity index (χ4v) is 4.88. The van der Waals surface area contributed by atoms with Crippen LogP contribution in [0.4, 0.5) is 10.8 Å². The number of nitrogens with zero attached hydrogens (tertiary/aromatic N) is 4. The Bertz CT molecular complexity index is 1100. The van der Waals surface area contributed by atoms with E-state index in [9.17, 15) is 9.59 Å². The number of thioether (sulfide) groups is 1. The number of benzene rings is 1. The summed E-state index contributed by atoms with van der Waals surface area (Å²) in [6, 6.07) is 5.03. The molecule has 32 heavy (non-hydrogen) atoms. The quantitative estimate of drug-likeness (QED) is 0.392. The molecule has 0 bridgehead atoms. The molecule has 0 aliphatic rings. The molecule has 2 N–H and O–H groups in total. The number of carbonyl (C=O) groups is 2. The molecule has 2 heterocycles. The lowest BCUT2D eigenvalue weighted by Gasteiger charge is -2.13. The molecule has 0 fully saturated rings. The normalized spacial score (nSPS) is 11.9. The van der Waals surface area contributed by atoms with Gasteiger partial charge in [-0.1, -0.05) is 48.0 Å². The van der Waals surface area contributed by atoms with E-state index in [0.29, 0.717) is 44.7 Å². The summed E-state index contributed by atoms with van der Waals surface area (Å²) in [7, 11) is 1.81. The Labute approximate surface area is 204 Å². The molecule has 12 heteroatoms. The molecular formula is C20H22Cl2N6O2S2. The maximum atomic E-state index is 12.6. The summed E-state index contributed by atoms with van der Waals surface area (Å²) < 4.78 is 1.80. The highest BCUT2D eigenvalue weighted by molar-refractivity contribution is 8.00. The van der Waals surface area contributed by atoms with Gasteiger partial charge in [-0.05, 0) is 25.5 Å². The molecule has 1 unspecified atom stereocenters. The van der Waals surface area contributed by atoms with Crippen LogP contribution in [0, 0.1) is 6.92 Å². The van der Waals surface area contributed by atoms with Gasteiger partial charge in [0, 0.05) is 25.3 Å². The van der Waals surface area contributed by atoms with Crippen LogP contribution in [0.25, 0.3) is 0 Å². The Morgan fingerprint density at radius 1 is 1.22 bits per heavy atom. The molecular weight excluding hydrogens is 491 g/mol. The summed E-state index contributed by atoms with van der Waals surface area (Å²) in [4.78, 5) is 29.2. The molecule has 0 saturated carbocycles. The van der Waals surface area contributed by atoms with Gasteiger partial charge in [0.15, 0.2) is 10.3 Å². The minimum absolute atomic E-state index is 0.132. The third kappa shape index (κ3) is 6.22. The van der Waals surface area contributed by atoms with Gasteiger partial charge < -0.3 is 15.2 Å². The van der Waals surface area contributed by atoms with E-state index < -0.39 is 0 Å². The second-order valence-electron chi connectivity index (χ2n) is 6.90. The number of para-hydroxylation sites is 1. The SMILES string of the molecule is CCC(Sc1nnc(CCC(=O)Nc2c(Cl)cccc2Cl)n1C)C(=O)Nc1nc(C)cs1. The molecule has 2 amide bonds. The number of rotatable bonds is 9. The highest BCUT2D eigenvalue weighted by atomic mass is 35.5. The lowest BCUT2D eigenvalue weighted by Crippen LogP contribution is -2.25. The Morgan fingerprint density at radius 2 is 1.94 bits per heavy atom. The highest BCUT2D eigenvalue weighted by Gasteiger charge is 2.22. The van der Waals surface area contributed by atoms with Crippen LogP contribution < -0.4 is 10.6 Å². The van der Waals surface area contributed by atoms with Gasteiger partial charge in [-0.2, -0.15) is 0 Å². The molecule has 3 rings (SSSR count).